The number of β-amino-alcohol motifs (C(OH)–C–C–N with tert-alkyl or cyclic N) is 1. The van der Waals surface area contributed by atoms with E-state index >= 15 is 0 Å². The van der Waals surface area contributed by atoms with E-state index in [-0.39, 0.29) is 18.4 Å². The second kappa shape index (κ2) is 5.31. The fourth-order valence-electron chi connectivity index (χ4n) is 3.51. The highest BCUT2D eigenvalue weighted by Gasteiger charge is 2.56. The number of amides is 3. The summed E-state index contributed by atoms with van der Waals surface area (Å²) >= 11 is 0. The number of benzene rings is 2. The number of fused-ring (bicyclic) bond motifs is 1. The molecule has 2 aromatic carbocycles. The Kier molecular flexibility index (Phi) is 3.35. The van der Waals surface area contributed by atoms with Crippen LogP contribution in [-0.4, -0.2) is 34.0 Å². The lowest BCUT2D eigenvalue weighted by molar-refractivity contribution is -0.132. The molecule has 1 aliphatic heterocycles. The third kappa shape index (κ3) is 2.36. The van der Waals surface area contributed by atoms with Gasteiger partial charge in [0.1, 0.15) is 5.54 Å². The minimum absolute atomic E-state index is 0.0225. The second-order valence-electron chi connectivity index (χ2n) is 6.94. The second-order valence-corrected chi connectivity index (χ2v) is 6.94. The quantitative estimate of drug-likeness (QED) is 0.849. The van der Waals surface area contributed by atoms with Gasteiger partial charge in [0.15, 0.2) is 0 Å². The van der Waals surface area contributed by atoms with E-state index in [0.717, 1.165) is 28.5 Å². The van der Waals surface area contributed by atoms with Crippen LogP contribution in [0, 0.1) is 5.92 Å². The standard InChI is InChI=1S/C19H20N2O3/c1-19(15-8-9-15)17(23)21(18(24)20-19)11-16(22)14-7-6-12-4-2-3-5-13(12)10-14/h2-7,10,15-16,22H,8-9,11H2,1H3,(H,20,24)/t16-,19+/m1/s1. The zero-order valence-electron chi connectivity index (χ0n) is 13.5. The first-order valence-corrected chi connectivity index (χ1v) is 8.30. The molecule has 0 radical (unpaired) electrons. The lowest BCUT2D eigenvalue weighted by atomic mass is 9.96. The molecule has 1 heterocycles. The molecule has 5 heteroatoms. The van der Waals surface area contributed by atoms with Gasteiger partial charge in [0, 0.05) is 0 Å². The first-order chi connectivity index (χ1) is 11.5. The van der Waals surface area contributed by atoms with E-state index in [2.05, 4.69) is 5.32 Å². The number of imide groups is 1. The molecule has 1 saturated carbocycles. The van der Waals surface area contributed by atoms with Gasteiger partial charge in [0.05, 0.1) is 12.6 Å². The third-order valence-corrected chi connectivity index (χ3v) is 5.21. The number of aliphatic hydroxyl groups excluding tert-OH is 1. The zero-order valence-corrected chi connectivity index (χ0v) is 13.5. The average molecular weight is 324 g/mol. The van der Waals surface area contributed by atoms with Gasteiger partial charge in [0.25, 0.3) is 5.91 Å². The Morgan fingerprint density at radius 3 is 2.62 bits per heavy atom. The maximum atomic E-state index is 12.6. The highest BCUT2D eigenvalue weighted by atomic mass is 16.3. The summed E-state index contributed by atoms with van der Waals surface area (Å²) in [5, 5.41) is 15.4. The number of nitrogens with zero attached hydrogens (tertiary/aromatic N) is 1. The number of carbonyl (C=O) groups excluding carboxylic acids is 2. The van der Waals surface area contributed by atoms with Crippen LogP contribution in [0.2, 0.25) is 0 Å². The molecule has 24 heavy (non-hydrogen) atoms. The van der Waals surface area contributed by atoms with Crippen LogP contribution in [0.15, 0.2) is 42.5 Å². The molecule has 0 unspecified atom stereocenters. The van der Waals surface area contributed by atoms with Crippen LogP contribution in [-0.2, 0) is 4.79 Å². The van der Waals surface area contributed by atoms with Gasteiger partial charge in [-0.25, -0.2) is 4.79 Å². The van der Waals surface area contributed by atoms with E-state index in [1.165, 1.54) is 0 Å². The van der Waals surface area contributed by atoms with Gasteiger partial charge in [-0.3, -0.25) is 9.69 Å². The molecule has 2 atom stereocenters. The fourth-order valence-corrected chi connectivity index (χ4v) is 3.51. The number of urea groups is 1. The molecule has 0 bridgehead atoms. The SMILES string of the molecule is C[C@@]1(C2CC2)NC(=O)N(C[C@@H](O)c2ccc3ccccc3c2)C1=O. The van der Waals surface area contributed by atoms with E-state index < -0.39 is 17.7 Å². The van der Waals surface area contributed by atoms with Crippen LogP contribution in [0.3, 0.4) is 0 Å². The predicted molar refractivity (Wildman–Crippen MR) is 90.3 cm³/mol. The van der Waals surface area contributed by atoms with Gasteiger partial charge >= 0.3 is 6.03 Å². The van der Waals surface area contributed by atoms with Crippen molar-refractivity contribution >= 4 is 22.7 Å². The topological polar surface area (TPSA) is 69.6 Å². The van der Waals surface area contributed by atoms with Crippen LogP contribution in [0.5, 0.6) is 0 Å². The Morgan fingerprint density at radius 1 is 1.21 bits per heavy atom. The minimum Gasteiger partial charge on any atom is -0.387 e. The maximum absolute atomic E-state index is 12.6. The summed E-state index contributed by atoms with van der Waals surface area (Å²) in [6.07, 6.45) is 1.03. The highest BCUT2D eigenvalue weighted by molar-refractivity contribution is 6.07. The van der Waals surface area contributed by atoms with Gasteiger partial charge in [-0.15, -0.1) is 0 Å². The van der Waals surface area contributed by atoms with Gasteiger partial charge in [-0.1, -0.05) is 36.4 Å². The van der Waals surface area contributed by atoms with E-state index in [0.29, 0.717) is 5.56 Å². The first kappa shape index (κ1) is 15.1. The van der Waals surface area contributed by atoms with Gasteiger partial charge in [0.2, 0.25) is 0 Å². The molecular formula is C19H20N2O3. The van der Waals surface area contributed by atoms with E-state index in [1.807, 2.05) is 42.5 Å². The monoisotopic (exact) mass is 324 g/mol. The maximum Gasteiger partial charge on any atom is 0.325 e. The molecule has 2 N–H and O–H groups in total. The average Bonchev–Trinajstić information content (AvgIpc) is 3.40. The fraction of sp³-hybridized carbons (Fsp3) is 0.368. The molecule has 1 saturated heterocycles. The van der Waals surface area contributed by atoms with Crippen LogP contribution < -0.4 is 5.32 Å². The molecule has 0 spiro atoms. The molecule has 3 amide bonds. The van der Waals surface area contributed by atoms with Crippen LogP contribution in [0.25, 0.3) is 10.8 Å². The van der Waals surface area contributed by atoms with Crippen molar-refractivity contribution in [2.45, 2.75) is 31.4 Å². The summed E-state index contributed by atoms with van der Waals surface area (Å²) in [5.41, 5.74) is -0.102. The normalized spacial score (nSPS) is 25.2. The Morgan fingerprint density at radius 2 is 1.92 bits per heavy atom. The van der Waals surface area contributed by atoms with Crippen LogP contribution in [0.4, 0.5) is 4.79 Å². The van der Waals surface area contributed by atoms with E-state index in [9.17, 15) is 14.7 Å². The van der Waals surface area contributed by atoms with Crippen molar-refractivity contribution in [1.82, 2.24) is 10.2 Å². The van der Waals surface area contributed by atoms with E-state index in [1.54, 1.807) is 6.92 Å². The number of rotatable bonds is 4. The van der Waals surface area contributed by atoms with Crippen molar-refractivity contribution in [2.75, 3.05) is 6.54 Å². The Hall–Kier alpha value is -2.40. The molecule has 1 aliphatic carbocycles. The van der Waals surface area contributed by atoms with Crippen molar-refractivity contribution in [3.63, 3.8) is 0 Å². The third-order valence-electron chi connectivity index (χ3n) is 5.21. The number of aliphatic hydroxyl groups is 1. The van der Waals surface area contributed by atoms with Gasteiger partial charge in [-0.05, 0) is 48.1 Å². The molecule has 4 rings (SSSR count). The van der Waals surface area contributed by atoms with Gasteiger partial charge in [-0.2, -0.15) is 0 Å². The summed E-state index contributed by atoms with van der Waals surface area (Å²) in [4.78, 5) is 26.0. The van der Waals surface area contributed by atoms with Crippen LogP contribution >= 0.6 is 0 Å². The van der Waals surface area contributed by atoms with Crippen LogP contribution in [0.1, 0.15) is 31.4 Å². The first-order valence-electron chi connectivity index (χ1n) is 8.30. The number of carbonyl (C=O) groups is 2. The molecule has 0 aromatic heterocycles. The number of hydrogen-bond donors (Lipinski definition) is 2. The smallest absolute Gasteiger partial charge is 0.325 e. The zero-order chi connectivity index (χ0) is 16.9. The largest absolute Gasteiger partial charge is 0.387 e. The van der Waals surface area contributed by atoms with E-state index in [4.69, 9.17) is 0 Å². The molecular weight excluding hydrogens is 304 g/mol. The number of hydrogen-bond acceptors (Lipinski definition) is 3. The lowest BCUT2D eigenvalue weighted by Crippen LogP contribution is -2.46. The van der Waals surface area contributed by atoms with Crippen molar-refractivity contribution in [3.8, 4) is 0 Å². The van der Waals surface area contributed by atoms with Gasteiger partial charge < -0.3 is 10.4 Å². The molecule has 5 nitrogen and oxygen atoms in total. The summed E-state index contributed by atoms with van der Waals surface area (Å²) in [7, 11) is 0. The van der Waals surface area contributed by atoms with Crippen molar-refractivity contribution in [3.05, 3.63) is 48.0 Å². The molecule has 124 valence electrons. The molecule has 2 fully saturated rings. The Labute approximate surface area is 140 Å². The number of nitrogens with one attached hydrogen (secondary N) is 1. The van der Waals surface area contributed by atoms with Crippen molar-refractivity contribution in [1.29, 1.82) is 0 Å². The predicted octanol–water partition coefficient (Wildman–Crippen LogP) is 2.59. The Balaban J connectivity index is 1.55. The summed E-state index contributed by atoms with van der Waals surface area (Å²) in [6.45, 7) is 1.76. The summed E-state index contributed by atoms with van der Waals surface area (Å²) in [5.74, 6) is -0.00778. The van der Waals surface area contributed by atoms with Crippen molar-refractivity contribution in [2.24, 2.45) is 5.92 Å². The minimum atomic E-state index is -0.897. The highest BCUT2D eigenvalue weighted by Crippen LogP contribution is 2.42. The van der Waals surface area contributed by atoms with Crippen molar-refractivity contribution < 1.29 is 14.7 Å². The summed E-state index contributed by atoms with van der Waals surface area (Å²) < 4.78 is 0. The lowest BCUT2D eigenvalue weighted by Gasteiger charge is -2.22. The Bertz CT molecular complexity index is 830. The molecule has 2 aromatic rings. The molecule has 2 aliphatic rings. The summed E-state index contributed by atoms with van der Waals surface area (Å²) in [6, 6.07) is 13.2.